The van der Waals surface area contributed by atoms with Crippen LogP contribution in [0.15, 0.2) is 0 Å². The zero-order valence-electron chi connectivity index (χ0n) is 7.83. The van der Waals surface area contributed by atoms with E-state index in [-0.39, 0.29) is 12.5 Å². The summed E-state index contributed by atoms with van der Waals surface area (Å²) >= 11 is 0. The molecule has 1 fully saturated rings. The van der Waals surface area contributed by atoms with Gasteiger partial charge in [-0.1, -0.05) is 6.42 Å². The molecular formula is C9H18N2O2. The number of nitrogens with one attached hydrogen (secondary N) is 1. The molecule has 1 aliphatic carbocycles. The summed E-state index contributed by atoms with van der Waals surface area (Å²) in [5.74, 6) is 0.0962. The summed E-state index contributed by atoms with van der Waals surface area (Å²) in [6.07, 6.45) is 3.74. The maximum atomic E-state index is 10.5. The lowest BCUT2D eigenvalue weighted by molar-refractivity contribution is -0.117. The molecule has 4 N–H and O–H groups in total. The fourth-order valence-corrected chi connectivity index (χ4v) is 1.90. The van der Waals surface area contributed by atoms with E-state index >= 15 is 0 Å². The van der Waals surface area contributed by atoms with Gasteiger partial charge in [0.25, 0.3) is 0 Å². The van der Waals surface area contributed by atoms with Gasteiger partial charge < -0.3 is 16.2 Å². The van der Waals surface area contributed by atoms with Crippen LogP contribution in [0.3, 0.4) is 0 Å². The van der Waals surface area contributed by atoms with Gasteiger partial charge in [-0.2, -0.15) is 0 Å². The van der Waals surface area contributed by atoms with Crippen LogP contribution in [0.1, 0.15) is 25.7 Å². The predicted molar refractivity (Wildman–Crippen MR) is 50.0 cm³/mol. The number of rotatable bonds is 5. The van der Waals surface area contributed by atoms with Gasteiger partial charge >= 0.3 is 0 Å². The molecule has 0 spiro atoms. The Kier molecular flexibility index (Phi) is 4.18. The first kappa shape index (κ1) is 10.5. The molecule has 0 aromatic heterocycles. The van der Waals surface area contributed by atoms with E-state index in [1.807, 2.05) is 0 Å². The van der Waals surface area contributed by atoms with Gasteiger partial charge in [-0.25, -0.2) is 0 Å². The van der Waals surface area contributed by atoms with Crippen molar-refractivity contribution >= 4 is 5.91 Å². The third-order valence-electron chi connectivity index (χ3n) is 2.67. The lowest BCUT2D eigenvalue weighted by Crippen LogP contribution is -2.36. The normalized spacial score (nSPS) is 27.8. The van der Waals surface area contributed by atoms with Crippen molar-refractivity contribution in [1.29, 1.82) is 0 Å². The number of amides is 1. The zero-order valence-corrected chi connectivity index (χ0v) is 7.83. The molecule has 1 rings (SSSR count). The van der Waals surface area contributed by atoms with Crippen molar-refractivity contribution in [3.63, 3.8) is 0 Å². The summed E-state index contributed by atoms with van der Waals surface area (Å²) in [7, 11) is 0. The number of carbonyl (C=O) groups excluding carboxylic acids is 1. The molecule has 0 saturated heterocycles. The second-order valence-electron chi connectivity index (χ2n) is 3.65. The third-order valence-corrected chi connectivity index (χ3v) is 2.67. The second-order valence-corrected chi connectivity index (χ2v) is 3.65. The minimum atomic E-state index is -0.272. The fraction of sp³-hybridized carbons (Fsp3) is 0.889. The van der Waals surface area contributed by atoms with E-state index in [2.05, 4.69) is 5.32 Å². The highest BCUT2D eigenvalue weighted by atomic mass is 16.3. The minimum absolute atomic E-state index is 0.244. The fourth-order valence-electron chi connectivity index (χ4n) is 1.90. The molecule has 1 aliphatic rings. The van der Waals surface area contributed by atoms with Gasteiger partial charge in [-0.05, 0) is 18.8 Å². The number of hydrogen-bond acceptors (Lipinski definition) is 3. The van der Waals surface area contributed by atoms with E-state index in [1.54, 1.807) is 0 Å². The summed E-state index contributed by atoms with van der Waals surface area (Å²) in [5.41, 5.74) is 5.02. The molecule has 0 radical (unpaired) electrons. The van der Waals surface area contributed by atoms with E-state index in [4.69, 9.17) is 10.8 Å². The van der Waals surface area contributed by atoms with Crippen LogP contribution >= 0.6 is 0 Å². The zero-order chi connectivity index (χ0) is 9.68. The van der Waals surface area contributed by atoms with Crippen molar-refractivity contribution in [3.8, 4) is 0 Å². The second kappa shape index (κ2) is 5.19. The summed E-state index contributed by atoms with van der Waals surface area (Å²) in [6.45, 7) is 0.880. The van der Waals surface area contributed by atoms with Crippen molar-refractivity contribution < 1.29 is 9.90 Å². The molecule has 76 valence electrons. The molecule has 0 aliphatic heterocycles. The van der Waals surface area contributed by atoms with Gasteiger partial charge in [0.1, 0.15) is 0 Å². The molecule has 0 aromatic rings. The highest BCUT2D eigenvalue weighted by Crippen LogP contribution is 2.24. The summed E-state index contributed by atoms with van der Waals surface area (Å²) < 4.78 is 0. The smallest absolute Gasteiger partial charge is 0.218 e. The van der Waals surface area contributed by atoms with E-state index in [0.29, 0.717) is 24.9 Å². The highest BCUT2D eigenvalue weighted by molar-refractivity contribution is 5.73. The largest absolute Gasteiger partial charge is 0.396 e. The number of aliphatic hydroxyl groups is 1. The van der Waals surface area contributed by atoms with Crippen LogP contribution < -0.4 is 11.1 Å². The first-order valence-corrected chi connectivity index (χ1v) is 4.86. The minimum Gasteiger partial charge on any atom is -0.396 e. The Bertz CT molecular complexity index is 173. The molecule has 0 bridgehead atoms. The molecule has 2 atom stereocenters. The van der Waals surface area contributed by atoms with Crippen molar-refractivity contribution in [1.82, 2.24) is 5.32 Å². The SMILES string of the molecule is NC(=O)CCNC1CCCC1CO. The molecule has 0 heterocycles. The Balaban J connectivity index is 2.16. The van der Waals surface area contributed by atoms with Gasteiger partial charge in [-0.3, -0.25) is 4.79 Å². The lowest BCUT2D eigenvalue weighted by Gasteiger charge is -2.18. The van der Waals surface area contributed by atoms with Crippen LogP contribution in [0.2, 0.25) is 0 Å². The molecule has 4 heteroatoms. The molecule has 0 aromatic carbocycles. The monoisotopic (exact) mass is 186 g/mol. The molecule has 2 unspecified atom stereocenters. The molecule has 1 saturated carbocycles. The highest BCUT2D eigenvalue weighted by Gasteiger charge is 2.25. The Morgan fingerprint density at radius 1 is 1.54 bits per heavy atom. The van der Waals surface area contributed by atoms with Crippen molar-refractivity contribution in [3.05, 3.63) is 0 Å². The van der Waals surface area contributed by atoms with Crippen molar-refractivity contribution in [2.45, 2.75) is 31.7 Å². The van der Waals surface area contributed by atoms with Gasteiger partial charge in [-0.15, -0.1) is 0 Å². The van der Waals surface area contributed by atoms with E-state index < -0.39 is 0 Å². The summed E-state index contributed by atoms with van der Waals surface area (Å²) in [6, 6.07) is 0.379. The first-order chi connectivity index (χ1) is 6.24. The first-order valence-electron chi connectivity index (χ1n) is 4.86. The lowest BCUT2D eigenvalue weighted by atomic mass is 10.1. The van der Waals surface area contributed by atoms with Crippen LogP contribution in [-0.2, 0) is 4.79 Å². The Morgan fingerprint density at radius 2 is 2.31 bits per heavy atom. The maximum absolute atomic E-state index is 10.5. The van der Waals surface area contributed by atoms with Crippen LogP contribution in [-0.4, -0.2) is 30.2 Å². The summed E-state index contributed by atoms with van der Waals surface area (Å²) in [4.78, 5) is 10.5. The molecule has 4 nitrogen and oxygen atoms in total. The maximum Gasteiger partial charge on any atom is 0.218 e. The van der Waals surface area contributed by atoms with Gasteiger partial charge in [0.15, 0.2) is 0 Å². The van der Waals surface area contributed by atoms with Crippen LogP contribution in [0, 0.1) is 5.92 Å². The van der Waals surface area contributed by atoms with Crippen molar-refractivity contribution in [2.75, 3.05) is 13.2 Å². The van der Waals surface area contributed by atoms with E-state index in [0.717, 1.165) is 12.8 Å². The predicted octanol–water partition coefficient (Wildman–Crippen LogP) is -0.388. The third kappa shape index (κ3) is 3.32. The van der Waals surface area contributed by atoms with Gasteiger partial charge in [0, 0.05) is 25.6 Å². The van der Waals surface area contributed by atoms with Crippen LogP contribution in [0.5, 0.6) is 0 Å². The van der Waals surface area contributed by atoms with Crippen LogP contribution in [0.4, 0.5) is 0 Å². The number of aliphatic hydroxyl groups excluding tert-OH is 1. The number of nitrogens with two attached hydrogens (primary N) is 1. The Hall–Kier alpha value is -0.610. The quantitative estimate of drug-likeness (QED) is 0.547. The number of carbonyl (C=O) groups is 1. The van der Waals surface area contributed by atoms with E-state index in [9.17, 15) is 4.79 Å². The Morgan fingerprint density at radius 3 is 2.92 bits per heavy atom. The average Bonchev–Trinajstić information content (AvgIpc) is 2.51. The average molecular weight is 186 g/mol. The van der Waals surface area contributed by atoms with Crippen molar-refractivity contribution in [2.24, 2.45) is 11.7 Å². The number of primary amides is 1. The molecule has 13 heavy (non-hydrogen) atoms. The van der Waals surface area contributed by atoms with Gasteiger partial charge in [0.2, 0.25) is 5.91 Å². The summed E-state index contributed by atoms with van der Waals surface area (Å²) in [5, 5.41) is 12.3. The molecule has 1 amide bonds. The van der Waals surface area contributed by atoms with E-state index in [1.165, 1.54) is 6.42 Å². The van der Waals surface area contributed by atoms with Crippen LogP contribution in [0.25, 0.3) is 0 Å². The topological polar surface area (TPSA) is 75.4 Å². The Labute approximate surface area is 78.5 Å². The number of hydrogen-bond donors (Lipinski definition) is 3. The standard InChI is InChI=1S/C9H18N2O2/c10-9(13)4-5-11-8-3-1-2-7(8)6-12/h7-8,11-12H,1-6H2,(H2,10,13). The molecular weight excluding hydrogens is 168 g/mol. The van der Waals surface area contributed by atoms with Gasteiger partial charge in [0.05, 0.1) is 0 Å².